The molecule has 0 radical (unpaired) electrons. The average molecular weight is 318 g/mol. The quantitative estimate of drug-likeness (QED) is 0.734. The minimum Gasteiger partial charge on any atom is -0.494 e. The van der Waals surface area contributed by atoms with E-state index in [-0.39, 0.29) is 17.4 Å². The molecule has 1 amide bonds. The molecule has 0 saturated heterocycles. The number of H-pyrrole nitrogens is 1. The number of fused-ring (bicyclic) bond motifs is 1. The molecule has 0 saturated carbocycles. The van der Waals surface area contributed by atoms with E-state index in [1.807, 2.05) is 45.0 Å². The Labute approximate surface area is 137 Å². The van der Waals surface area contributed by atoms with E-state index in [2.05, 4.69) is 10.3 Å². The third kappa shape index (κ3) is 4.73. The smallest absolute Gasteiger partial charge is 0.267 e. The molecule has 0 aliphatic heterocycles. The first-order chi connectivity index (χ1) is 10.8. The van der Waals surface area contributed by atoms with Crippen LogP contribution in [-0.4, -0.2) is 35.3 Å². The van der Waals surface area contributed by atoms with E-state index in [1.165, 1.54) is 0 Å². The summed E-state index contributed by atoms with van der Waals surface area (Å²) in [5.74, 6) is 0.643. The van der Waals surface area contributed by atoms with Gasteiger partial charge in [-0.3, -0.25) is 4.79 Å². The van der Waals surface area contributed by atoms with Gasteiger partial charge in [-0.25, -0.2) is 0 Å². The molecule has 0 aliphatic rings. The van der Waals surface area contributed by atoms with Gasteiger partial charge in [0.25, 0.3) is 5.91 Å². The molecular formula is C18H26N2O3. The second kappa shape index (κ2) is 7.04. The minimum absolute atomic E-state index is 0.141. The highest BCUT2D eigenvalue weighted by atomic mass is 16.5. The number of nitrogens with one attached hydrogen (secondary N) is 2. The first-order valence-corrected chi connectivity index (χ1v) is 8.02. The maximum absolute atomic E-state index is 12.3. The number of aliphatic hydroxyl groups excluding tert-OH is 1. The summed E-state index contributed by atoms with van der Waals surface area (Å²) in [6.07, 6.45) is 0.254. The number of aromatic nitrogens is 1. The van der Waals surface area contributed by atoms with Gasteiger partial charge in [-0.15, -0.1) is 0 Å². The number of amides is 1. The summed E-state index contributed by atoms with van der Waals surface area (Å²) in [6, 6.07) is 7.56. The van der Waals surface area contributed by atoms with Crippen molar-refractivity contribution in [3.8, 4) is 5.75 Å². The lowest BCUT2D eigenvalue weighted by Gasteiger charge is -2.26. The SMILES string of the molecule is CCOc1ccc2cc(C(=O)NCC(C)(C)CC(C)O)[nH]c2c1. The van der Waals surface area contributed by atoms with Gasteiger partial charge in [-0.05, 0) is 43.9 Å². The number of aliphatic hydroxyl groups is 1. The van der Waals surface area contributed by atoms with E-state index < -0.39 is 0 Å². The highest BCUT2D eigenvalue weighted by Gasteiger charge is 2.21. The first-order valence-electron chi connectivity index (χ1n) is 8.02. The van der Waals surface area contributed by atoms with Crippen LogP contribution in [0.1, 0.15) is 44.6 Å². The average Bonchev–Trinajstić information content (AvgIpc) is 2.87. The van der Waals surface area contributed by atoms with Gasteiger partial charge >= 0.3 is 0 Å². The lowest BCUT2D eigenvalue weighted by molar-refractivity contribution is 0.0898. The predicted octanol–water partition coefficient (Wildman–Crippen LogP) is 3.09. The minimum atomic E-state index is -0.382. The monoisotopic (exact) mass is 318 g/mol. The van der Waals surface area contributed by atoms with Gasteiger partial charge in [0.05, 0.1) is 12.7 Å². The zero-order valence-corrected chi connectivity index (χ0v) is 14.3. The summed E-state index contributed by atoms with van der Waals surface area (Å²) < 4.78 is 5.47. The summed E-state index contributed by atoms with van der Waals surface area (Å²) in [7, 11) is 0. The van der Waals surface area contributed by atoms with E-state index in [0.29, 0.717) is 25.3 Å². The van der Waals surface area contributed by atoms with Crippen LogP contribution in [0.3, 0.4) is 0 Å². The zero-order valence-electron chi connectivity index (χ0n) is 14.3. The fourth-order valence-electron chi connectivity index (χ4n) is 2.77. The molecule has 0 aliphatic carbocycles. The summed E-state index contributed by atoms with van der Waals surface area (Å²) in [5.41, 5.74) is 1.25. The van der Waals surface area contributed by atoms with Gasteiger partial charge in [0.1, 0.15) is 11.4 Å². The molecule has 1 heterocycles. The second-order valence-corrected chi connectivity index (χ2v) is 6.77. The Bertz CT molecular complexity index is 674. The summed E-state index contributed by atoms with van der Waals surface area (Å²) in [5, 5.41) is 13.4. The number of hydrogen-bond acceptors (Lipinski definition) is 3. The highest BCUT2D eigenvalue weighted by molar-refractivity contribution is 5.98. The second-order valence-electron chi connectivity index (χ2n) is 6.77. The standard InChI is InChI=1S/C18H26N2O3/c1-5-23-14-7-6-13-8-16(20-15(13)9-14)17(22)19-11-18(3,4)10-12(2)21/h6-9,12,20-21H,5,10-11H2,1-4H3,(H,19,22). The van der Waals surface area contributed by atoms with E-state index in [4.69, 9.17) is 4.74 Å². The molecular weight excluding hydrogens is 292 g/mol. The molecule has 1 atom stereocenters. The molecule has 0 fully saturated rings. The van der Waals surface area contributed by atoms with E-state index in [0.717, 1.165) is 16.7 Å². The van der Waals surface area contributed by atoms with E-state index in [9.17, 15) is 9.90 Å². The van der Waals surface area contributed by atoms with Crippen molar-refractivity contribution in [2.24, 2.45) is 5.41 Å². The summed E-state index contributed by atoms with van der Waals surface area (Å²) in [6.45, 7) is 8.87. The maximum atomic E-state index is 12.3. The predicted molar refractivity (Wildman–Crippen MR) is 91.9 cm³/mol. The van der Waals surface area contributed by atoms with Crippen molar-refractivity contribution < 1.29 is 14.6 Å². The van der Waals surface area contributed by atoms with Crippen molar-refractivity contribution in [3.63, 3.8) is 0 Å². The van der Waals surface area contributed by atoms with Crippen LogP contribution in [0, 0.1) is 5.41 Å². The molecule has 1 aromatic heterocycles. The Kier molecular flexibility index (Phi) is 5.31. The fourth-order valence-corrected chi connectivity index (χ4v) is 2.77. The molecule has 23 heavy (non-hydrogen) atoms. The van der Waals surface area contributed by atoms with Gasteiger partial charge in [0, 0.05) is 23.5 Å². The van der Waals surface area contributed by atoms with Crippen LogP contribution in [0.15, 0.2) is 24.3 Å². The number of benzene rings is 1. The van der Waals surface area contributed by atoms with Crippen LogP contribution in [0.4, 0.5) is 0 Å². The molecule has 3 N–H and O–H groups in total. The third-order valence-corrected chi connectivity index (χ3v) is 3.73. The highest BCUT2D eigenvalue weighted by Crippen LogP contribution is 2.23. The molecule has 5 heteroatoms. The zero-order chi connectivity index (χ0) is 17.0. The van der Waals surface area contributed by atoms with Crippen molar-refractivity contribution in [2.75, 3.05) is 13.2 Å². The van der Waals surface area contributed by atoms with Gasteiger partial charge in [-0.1, -0.05) is 13.8 Å². The third-order valence-electron chi connectivity index (χ3n) is 3.73. The van der Waals surface area contributed by atoms with Crippen LogP contribution >= 0.6 is 0 Å². The fraction of sp³-hybridized carbons (Fsp3) is 0.500. The topological polar surface area (TPSA) is 74.3 Å². The Morgan fingerprint density at radius 3 is 2.78 bits per heavy atom. The Hall–Kier alpha value is -2.01. The molecule has 5 nitrogen and oxygen atoms in total. The summed E-state index contributed by atoms with van der Waals surface area (Å²) >= 11 is 0. The van der Waals surface area contributed by atoms with Gasteiger partial charge in [0.2, 0.25) is 0 Å². The number of rotatable bonds is 7. The van der Waals surface area contributed by atoms with E-state index >= 15 is 0 Å². The molecule has 1 aromatic carbocycles. The van der Waals surface area contributed by atoms with Crippen LogP contribution in [0.25, 0.3) is 10.9 Å². The Morgan fingerprint density at radius 2 is 2.13 bits per heavy atom. The Balaban J connectivity index is 2.06. The lowest BCUT2D eigenvalue weighted by atomic mass is 9.87. The molecule has 1 unspecified atom stereocenters. The van der Waals surface area contributed by atoms with Crippen molar-refractivity contribution in [3.05, 3.63) is 30.0 Å². The number of carbonyl (C=O) groups is 1. The molecule has 2 aromatic rings. The van der Waals surface area contributed by atoms with Crippen LogP contribution in [-0.2, 0) is 0 Å². The number of aromatic amines is 1. The largest absolute Gasteiger partial charge is 0.494 e. The van der Waals surface area contributed by atoms with Crippen molar-refractivity contribution in [1.82, 2.24) is 10.3 Å². The van der Waals surface area contributed by atoms with E-state index in [1.54, 1.807) is 6.92 Å². The summed E-state index contributed by atoms with van der Waals surface area (Å²) in [4.78, 5) is 15.5. The van der Waals surface area contributed by atoms with Gasteiger partial charge in [-0.2, -0.15) is 0 Å². The van der Waals surface area contributed by atoms with Crippen molar-refractivity contribution in [2.45, 2.75) is 40.2 Å². The number of ether oxygens (including phenoxy) is 1. The number of hydrogen-bond donors (Lipinski definition) is 3. The van der Waals surface area contributed by atoms with Crippen LogP contribution in [0.5, 0.6) is 5.75 Å². The first kappa shape index (κ1) is 17.3. The maximum Gasteiger partial charge on any atom is 0.267 e. The van der Waals surface area contributed by atoms with Gasteiger partial charge < -0.3 is 20.1 Å². The van der Waals surface area contributed by atoms with Crippen LogP contribution in [0.2, 0.25) is 0 Å². The molecule has 0 spiro atoms. The molecule has 126 valence electrons. The normalized spacial score (nSPS) is 13.1. The van der Waals surface area contributed by atoms with Crippen molar-refractivity contribution >= 4 is 16.8 Å². The van der Waals surface area contributed by atoms with Crippen LogP contribution < -0.4 is 10.1 Å². The van der Waals surface area contributed by atoms with Crippen molar-refractivity contribution in [1.29, 1.82) is 0 Å². The lowest BCUT2D eigenvalue weighted by Crippen LogP contribution is -2.35. The van der Waals surface area contributed by atoms with Gasteiger partial charge in [0.15, 0.2) is 0 Å². The Morgan fingerprint density at radius 1 is 1.39 bits per heavy atom. The molecule has 0 bridgehead atoms. The molecule has 2 rings (SSSR count). The number of carbonyl (C=O) groups excluding carboxylic acids is 1.